The molecule has 0 unspecified atom stereocenters. The maximum absolute atomic E-state index is 12.0. The highest BCUT2D eigenvalue weighted by Gasteiger charge is 2.12. The predicted molar refractivity (Wildman–Crippen MR) is 92.6 cm³/mol. The van der Waals surface area contributed by atoms with Gasteiger partial charge in [0, 0.05) is 11.8 Å². The number of ether oxygens (including phenoxy) is 3. The van der Waals surface area contributed by atoms with Gasteiger partial charge in [-0.25, -0.2) is 4.79 Å². The molecule has 2 aromatic rings. The van der Waals surface area contributed by atoms with E-state index in [1.165, 1.54) is 6.08 Å². The molecule has 0 saturated heterocycles. The van der Waals surface area contributed by atoms with Crippen LogP contribution in [0.1, 0.15) is 22.8 Å². The van der Waals surface area contributed by atoms with Crippen LogP contribution in [0.2, 0.25) is 0 Å². The van der Waals surface area contributed by atoms with E-state index in [0.717, 1.165) is 5.56 Å². The summed E-state index contributed by atoms with van der Waals surface area (Å²) in [6, 6.07) is 12.0. The summed E-state index contributed by atoms with van der Waals surface area (Å²) in [7, 11) is 0. The van der Waals surface area contributed by atoms with Crippen molar-refractivity contribution in [3.05, 3.63) is 59.7 Å². The van der Waals surface area contributed by atoms with Crippen LogP contribution in [-0.4, -0.2) is 25.3 Å². The number of hydrogen-bond donors (Lipinski definition) is 1. The molecule has 0 saturated carbocycles. The number of nitrogens with one attached hydrogen (secondary N) is 1. The molecule has 1 N–H and O–H groups in total. The summed E-state index contributed by atoms with van der Waals surface area (Å²) in [6.07, 6.45) is 3.11. The first-order valence-corrected chi connectivity index (χ1v) is 7.81. The Labute approximate surface area is 145 Å². The summed E-state index contributed by atoms with van der Waals surface area (Å²) in [5.41, 5.74) is 1.86. The Hall–Kier alpha value is -3.28. The van der Waals surface area contributed by atoms with Gasteiger partial charge in [0.25, 0.3) is 0 Å². The highest BCUT2D eigenvalue weighted by molar-refractivity contribution is 6.02. The van der Waals surface area contributed by atoms with Crippen molar-refractivity contribution in [1.29, 1.82) is 0 Å². The van der Waals surface area contributed by atoms with Crippen LogP contribution in [0, 0.1) is 0 Å². The molecule has 0 bridgehead atoms. The third-order valence-corrected chi connectivity index (χ3v) is 3.49. The van der Waals surface area contributed by atoms with Crippen molar-refractivity contribution in [2.75, 3.05) is 18.7 Å². The van der Waals surface area contributed by atoms with Crippen LogP contribution in [0.25, 0.3) is 6.08 Å². The van der Waals surface area contributed by atoms with Gasteiger partial charge in [-0.15, -0.1) is 0 Å². The molecule has 1 aliphatic heterocycles. The third kappa shape index (κ3) is 4.17. The number of esters is 1. The fourth-order valence-electron chi connectivity index (χ4n) is 2.28. The third-order valence-electron chi connectivity index (χ3n) is 3.49. The van der Waals surface area contributed by atoms with Gasteiger partial charge in [0.1, 0.15) is 0 Å². The molecule has 1 aliphatic rings. The molecular weight excluding hydrogens is 322 g/mol. The van der Waals surface area contributed by atoms with E-state index in [9.17, 15) is 9.59 Å². The summed E-state index contributed by atoms with van der Waals surface area (Å²) in [5.74, 6) is 0.699. The van der Waals surface area contributed by atoms with Gasteiger partial charge in [0.2, 0.25) is 12.7 Å². The number of anilines is 1. The first-order chi connectivity index (χ1) is 12.2. The van der Waals surface area contributed by atoms with Crippen LogP contribution in [0.5, 0.6) is 11.5 Å². The van der Waals surface area contributed by atoms with E-state index < -0.39 is 0 Å². The SMILES string of the molecule is CCOC(=O)c1ccc(NC(=O)C=Cc2ccc3c(c2)OCO3)cc1. The van der Waals surface area contributed by atoms with Crippen LogP contribution in [0.4, 0.5) is 5.69 Å². The van der Waals surface area contributed by atoms with E-state index in [1.807, 2.05) is 6.07 Å². The molecule has 0 fully saturated rings. The maximum atomic E-state index is 12.0. The van der Waals surface area contributed by atoms with E-state index in [2.05, 4.69) is 5.32 Å². The van der Waals surface area contributed by atoms with Crippen molar-refractivity contribution in [3.63, 3.8) is 0 Å². The minimum absolute atomic E-state index is 0.213. The van der Waals surface area contributed by atoms with Gasteiger partial charge in [0.15, 0.2) is 11.5 Å². The number of fused-ring (bicyclic) bond motifs is 1. The second-order valence-electron chi connectivity index (χ2n) is 5.23. The number of carbonyl (C=O) groups is 2. The summed E-state index contributed by atoms with van der Waals surface area (Å²) in [4.78, 5) is 23.6. The molecule has 0 radical (unpaired) electrons. The van der Waals surface area contributed by atoms with Crippen molar-refractivity contribution in [2.45, 2.75) is 6.92 Å². The summed E-state index contributed by atoms with van der Waals surface area (Å²) in [6.45, 7) is 2.28. The van der Waals surface area contributed by atoms with Crippen LogP contribution in [0.3, 0.4) is 0 Å². The van der Waals surface area contributed by atoms with E-state index in [0.29, 0.717) is 29.4 Å². The van der Waals surface area contributed by atoms with Gasteiger partial charge in [-0.3, -0.25) is 4.79 Å². The van der Waals surface area contributed by atoms with Crippen molar-refractivity contribution in [2.24, 2.45) is 0 Å². The monoisotopic (exact) mass is 339 g/mol. The summed E-state index contributed by atoms with van der Waals surface area (Å²) >= 11 is 0. The van der Waals surface area contributed by atoms with Crippen LogP contribution >= 0.6 is 0 Å². The summed E-state index contributed by atoms with van der Waals surface area (Å²) in [5, 5.41) is 2.73. The minimum atomic E-state index is -0.386. The number of benzene rings is 2. The average molecular weight is 339 g/mol. The Balaban J connectivity index is 1.59. The Morgan fingerprint density at radius 3 is 2.64 bits per heavy atom. The number of carbonyl (C=O) groups excluding carboxylic acids is 2. The van der Waals surface area contributed by atoms with E-state index in [1.54, 1.807) is 49.4 Å². The second-order valence-corrected chi connectivity index (χ2v) is 5.23. The highest BCUT2D eigenvalue weighted by Crippen LogP contribution is 2.32. The molecule has 6 nitrogen and oxygen atoms in total. The first kappa shape index (κ1) is 16.6. The lowest BCUT2D eigenvalue weighted by Gasteiger charge is -2.04. The zero-order valence-electron chi connectivity index (χ0n) is 13.7. The normalized spacial score (nSPS) is 12.2. The van der Waals surface area contributed by atoms with Gasteiger partial charge >= 0.3 is 5.97 Å². The largest absolute Gasteiger partial charge is 0.462 e. The molecule has 1 heterocycles. The second kappa shape index (κ2) is 7.53. The lowest BCUT2D eigenvalue weighted by atomic mass is 10.2. The predicted octanol–water partition coefficient (Wildman–Crippen LogP) is 3.24. The molecule has 2 aromatic carbocycles. The molecule has 1 amide bonds. The quantitative estimate of drug-likeness (QED) is 0.669. The van der Waals surface area contributed by atoms with Gasteiger partial charge in [-0.05, 0) is 55.0 Å². The van der Waals surface area contributed by atoms with Gasteiger partial charge in [-0.2, -0.15) is 0 Å². The lowest BCUT2D eigenvalue weighted by Crippen LogP contribution is -2.08. The van der Waals surface area contributed by atoms with Gasteiger partial charge < -0.3 is 19.5 Å². The van der Waals surface area contributed by atoms with Crippen molar-refractivity contribution in [1.82, 2.24) is 0 Å². The fourth-order valence-corrected chi connectivity index (χ4v) is 2.28. The maximum Gasteiger partial charge on any atom is 0.338 e. The first-order valence-electron chi connectivity index (χ1n) is 7.81. The Morgan fingerprint density at radius 1 is 1.12 bits per heavy atom. The van der Waals surface area contributed by atoms with Gasteiger partial charge in [-0.1, -0.05) is 6.07 Å². The van der Waals surface area contributed by atoms with Crippen molar-refractivity contribution in [3.8, 4) is 11.5 Å². The van der Waals surface area contributed by atoms with E-state index in [-0.39, 0.29) is 18.7 Å². The number of rotatable bonds is 5. The molecule has 0 aliphatic carbocycles. The van der Waals surface area contributed by atoms with E-state index >= 15 is 0 Å². The molecule has 25 heavy (non-hydrogen) atoms. The zero-order valence-corrected chi connectivity index (χ0v) is 13.7. The van der Waals surface area contributed by atoms with E-state index in [4.69, 9.17) is 14.2 Å². The molecule has 3 rings (SSSR count). The standard InChI is InChI=1S/C19H17NO5/c1-2-23-19(22)14-5-7-15(8-6-14)20-18(21)10-4-13-3-9-16-17(11-13)25-12-24-16/h3-11H,2,12H2,1H3,(H,20,21). The molecule has 0 spiro atoms. The molecule has 6 heteroatoms. The Morgan fingerprint density at radius 2 is 1.88 bits per heavy atom. The Bertz CT molecular complexity index is 811. The van der Waals surface area contributed by atoms with Crippen LogP contribution in [-0.2, 0) is 9.53 Å². The highest BCUT2D eigenvalue weighted by atomic mass is 16.7. The van der Waals surface area contributed by atoms with Crippen molar-refractivity contribution >= 4 is 23.6 Å². The number of amides is 1. The number of hydrogen-bond acceptors (Lipinski definition) is 5. The molecule has 0 atom stereocenters. The van der Waals surface area contributed by atoms with Crippen LogP contribution in [0.15, 0.2) is 48.5 Å². The molecule has 128 valence electrons. The molecule has 0 aromatic heterocycles. The average Bonchev–Trinajstić information content (AvgIpc) is 3.08. The smallest absolute Gasteiger partial charge is 0.338 e. The fraction of sp³-hybridized carbons (Fsp3) is 0.158. The topological polar surface area (TPSA) is 73.9 Å². The van der Waals surface area contributed by atoms with Gasteiger partial charge in [0.05, 0.1) is 12.2 Å². The Kier molecular flexibility index (Phi) is 4.99. The lowest BCUT2D eigenvalue weighted by molar-refractivity contribution is -0.111. The molecular formula is C19H17NO5. The minimum Gasteiger partial charge on any atom is -0.462 e. The van der Waals surface area contributed by atoms with Crippen molar-refractivity contribution < 1.29 is 23.8 Å². The van der Waals surface area contributed by atoms with Crippen LogP contribution < -0.4 is 14.8 Å². The summed E-state index contributed by atoms with van der Waals surface area (Å²) < 4.78 is 15.4. The zero-order chi connectivity index (χ0) is 17.6.